The molecule has 0 spiro atoms. The van der Waals surface area contributed by atoms with E-state index in [1.165, 1.54) is 24.3 Å². The van der Waals surface area contributed by atoms with E-state index >= 15 is 0 Å². The topological polar surface area (TPSA) is 99.3 Å². The van der Waals surface area contributed by atoms with E-state index in [1.807, 2.05) is 30.3 Å². The zero-order valence-corrected chi connectivity index (χ0v) is 22.8. The highest BCUT2D eigenvalue weighted by Gasteiger charge is 2.37. The van der Waals surface area contributed by atoms with Crippen LogP contribution in [0.15, 0.2) is 83.8 Å². The minimum Gasteiger partial charge on any atom is -0.484 e. The quantitative estimate of drug-likeness (QED) is 0.402. The maximum Gasteiger partial charge on any atom is 0.294 e. The van der Waals surface area contributed by atoms with Crippen molar-refractivity contribution in [2.75, 3.05) is 49.5 Å². The summed E-state index contributed by atoms with van der Waals surface area (Å²) in [6.45, 7) is 1.85. The highest BCUT2D eigenvalue weighted by Crippen LogP contribution is 2.32. The Hall–Kier alpha value is -4.64. The first-order chi connectivity index (χ1) is 19.9. The second-order valence-electron chi connectivity index (χ2n) is 9.38. The molecule has 0 saturated carbocycles. The van der Waals surface area contributed by atoms with Crippen LogP contribution in [0.5, 0.6) is 5.75 Å². The van der Waals surface area contributed by atoms with Gasteiger partial charge in [0.15, 0.2) is 6.61 Å². The van der Waals surface area contributed by atoms with Gasteiger partial charge in [0.05, 0.1) is 4.91 Å². The van der Waals surface area contributed by atoms with Gasteiger partial charge in [0.1, 0.15) is 18.1 Å². The number of halogens is 1. The molecule has 1 N–H and O–H groups in total. The normalized spacial score (nSPS) is 16.3. The lowest BCUT2D eigenvalue weighted by atomic mass is 10.2. The Morgan fingerprint density at radius 3 is 2.27 bits per heavy atom. The third-order valence-electron chi connectivity index (χ3n) is 6.60. The number of rotatable bonds is 8. The Bertz CT molecular complexity index is 1460. The Kier molecular flexibility index (Phi) is 8.64. The number of anilines is 2. The third kappa shape index (κ3) is 7.12. The van der Waals surface area contributed by atoms with Gasteiger partial charge in [-0.1, -0.05) is 30.3 Å². The summed E-state index contributed by atoms with van der Waals surface area (Å²) in [6, 6.07) is 22.0. The fraction of sp³-hybridized carbons (Fsp3) is 0.200. The molecule has 3 aromatic carbocycles. The van der Waals surface area contributed by atoms with Crippen LogP contribution in [0.4, 0.5) is 20.6 Å². The minimum atomic E-state index is -0.505. The lowest BCUT2D eigenvalue weighted by Crippen LogP contribution is -2.51. The maximum absolute atomic E-state index is 13.0. The van der Waals surface area contributed by atoms with Gasteiger partial charge < -0.3 is 19.9 Å². The number of carbonyl (C=O) groups excluding carboxylic acids is 4. The fourth-order valence-electron chi connectivity index (χ4n) is 4.42. The van der Waals surface area contributed by atoms with Crippen molar-refractivity contribution in [2.24, 2.45) is 0 Å². The summed E-state index contributed by atoms with van der Waals surface area (Å²) < 4.78 is 18.5. The molecule has 2 aliphatic heterocycles. The van der Waals surface area contributed by atoms with Crippen molar-refractivity contribution < 1.29 is 28.3 Å². The first-order valence-electron chi connectivity index (χ1n) is 13.0. The molecule has 2 saturated heterocycles. The second-order valence-corrected chi connectivity index (χ2v) is 10.4. The van der Waals surface area contributed by atoms with Crippen molar-refractivity contribution in [1.29, 1.82) is 0 Å². The number of carbonyl (C=O) groups is 4. The minimum absolute atomic E-state index is 0.226. The second kappa shape index (κ2) is 12.7. The van der Waals surface area contributed by atoms with Crippen molar-refractivity contribution in [2.45, 2.75) is 0 Å². The van der Waals surface area contributed by atoms with Crippen LogP contribution in [0.3, 0.4) is 0 Å². The summed E-state index contributed by atoms with van der Waals surface area (Å²) >= 11 is 0.795. The molecular weight excluding hydrogens is 547 g/mol. The first kappa shape index (κ1) is 27.9. The van der Waals surface area contributed by atoms with Gasteiger partial charge in [-0.05, 0) is 71.9 Å². The van der Waals surface area contributed by atoms with Gasteiger partial charge in [-0.15, -0.1) is 0 Å². The molecule has 2 aliphatic rings. The van der Waals surface area contributed by atoms with Crippen molar-refractivity contribution >= 4 is 52.2 Å². The molecule has 5 rings (SSSR count). The number of hydrogen-bond donors (Lipinski definition) is 1. The van der Waals surface area contributed by atoms with Crippen LogP contribution in [0.25, 0.3) is 6.08 Å². The molecule has 0 atom stereocenters. The van der Waals surface area contributed by atoms with Crippen LogP contribution >= 0.6 is 11.8 Å². The van der Waals surface area contributed by atoms with E-state index in [2.05, 4.69) is 10.2 Å². The molecule has 0 radical (unpaired) electrons. The van der Waals surface area contributed by atoms with Crippen LogP contribution in [-0.2, 0) is 14.4 Å². The van der Waals surface area contributed by atoms with E-state index in [-0.39, 0.29) is 24.0 Å². The summed E-state index contributed by atoms with van der Waals surface area (Å²) in [5, 5.41) is 2.13. The molecule has 3 aromatic rings. The molecule has 11 heteroatoms. The standard InChI is InChI=1S/C30H27FN4O5S/c31-22-8-10-23(11-9-22)32-27(36)20-40-25-12-6-21(7-13-25)18-26-29(38)35(30(39)41-26)19-28(37)34-16-14-33(15-17-34)24-4-2-1-3-5-24/h1-13,18H,14-17,19-20H2,(H,32,36)/b26-18+. The Morgan fingerprint density at radius 2 is 1.59 bits per heavy atom. The smallest absolute Gasteiger partial charge is 0.294 e. The van der Waals surface area contributed by atoms with Gasteiger partial charge in [-0.3, -0.25) is 24.1 Å². The number of piperazine rings is 1. The first-order valence-corrected chi connectivity index (χ1v) is 13.8. The summed E-state index contributed by atoms with van der Waals surface area (Å²) in [4.78, 5) is 55.6. The molecule has 0 aliphatic carbocycles. The molecular formula is C30H27FN4O5S. The van der Waals surface area contributed by atoms with Gasteiger partial charge in [0, 0.05) is 37.6 Å². The summed E-state index contributed by atoms with van der Waals surface area (Å²) in [5.41, 5.74) is 2.21. The molecule has 0 unspecified atom stereocenters. The molecule has 4 amide bonds. The Balaban J connectivity index is 1.11. The lowest BCUT2D eigenvalue weighted by molar-refractivity contribution is -0.136. The van der Waals surface area contributed by atoms with Crippen LogP contribution in [0.1, 0.15) is 5.56 Å². The number of benzene rings is 3. The number of amides is 4. The molecule has 2 fully saturated rings. The number of nitrogens with one attached hydrogen (secondary N) is 1. The van der Waals surface area contributed by atoms with Crippen molar-refractivity contribution in [3.8, 4) is 5.75 Å². The third-order valence-corrected chi connectivity index (χ3v) is 7.50. The Morgan fingerprint density at radius 1 is 0.902 bits per heavy atom. The zero-order chi connectivity index (χ0) is 28.8. The van der Waals surface area contributed by atoms with Crippen molar-refractivity contribution in [3.05, 3.63) is 95.1 Å². The number of hydrogen-bond acceptors (Lipinski definition) is 7. The maximum atomic E-state index is 13.0. The number of imide groups is 1. The monoisotopic (exact) mass is 574 g/mol. The predicted octanol–water partition coefficient (Wildman–Crippen LogP) is 4.23. The van der Waals surface area contributed by atoms with E-state index in [4.69, 9.17) is 4.74 Å². The number of para-hydroxylation sites is 1. The van der Waals surface area contributed by atoms with Crippen LogP contribution in [0, 0.1) is 5.82 Å². The van der Waals surface area contributed by atoms with Crippen LogP contribution < -0.4 is 15.0 Å². The van der Waals surface area contributed by atoms with E-state index in [1.54, 1.807) is 35.2 Å². The van der Waals surface area contributed by atoms with Gasteiger partial charge in [-0.25, -0.2) is 4.39 Å². The lowest BCUT2D eigenvalue weighted by Gasteiger charge is -2.36. The molecule has 9 nitrogen and oxygen atoms in total. The van der Waals surface area contributed by atoms with Gasteiger partial charge >= 0.3 is 0 Å². The van der Waals surface area contributed by atoms with E-state index in [0.29, 0.717) is 43.2 Å². The molecule has 2 heterocycles. The highest BCUT2D eigenvalue weighted by molar-refractivity contribution is 8.18. The Labute approximate surface area is 240 Å². The fourth-order valence-corrected chi connectivity index (χ4v) is 5.25. The van der Waals surface area contributed by atoms with Crippen LogP contribution in [0.2, 0.25) is 0 Å². The van der Waals surface area contributed by atoms with E-state index < -0.39 is 22.9 Å². The SMILES string of the molecule is O=C(COc1ccc(/C=C2/SC(=O)N(CC(=O)N3CCN(c4ccccc4)CC3)C2=O)cc1)Nc1ccc(F)cc1. The number of ether oxygens (including phenoxy) is 1. The molecule has 41 heavy (non-hydrogen) atoms. The predicted molar refractivity (Wildman–Crippen MR) is 155 cm³/mol. The molecule has 0 bridgehead atoms. The van der Waals surface area contributed by atoms with Gasteiger partial charge in [0.2, 0.25) is 5.91 Å². The number of thioether (sulfide) groups is 1. The molecule has 0 aromatic heterocycles. The van der Waals surface area contributed by atoms with E-state index in [0.717, 1.165) is 22.3 Å². The summed E-state index contributed by atoms with van der Waals surface area (Å²) in [6.07, 6.45) is 1.58. The largest absolute Gasteiger partial charge is 0.484 e. The summed E-state index contributed by atoms with van der Waals surface area (Å²) in [7, 11) is 0. The molecule has 210 valence electrons. The van der Waals surface area contributed by atoms with Crippen LogP contribution in [-0.4, -0.2) is 72.1 Å². The van der Waals surface area contributed by atoms with Gasteiger partial charge in [-0.2, -0.15) is 0 Å². The highest BCUT2D eigenvalue weighted by atomic mass is 32.2. The van der Waals surface area contributed by atoms with Crippen molar-refractivity contribution in [1.82, 2.24) is 9.80 Å². The number of nitrogens with zero attached hydrogens (tertiary/aromatic N) is 3. The van der Waals surface area contributed by atoms with Gasteiger partial charge in [0.25, 0.3) is 17.1 Å². The van der Waals surface area contributed by atoms with Crippen molar-refractivity contribution in [3.63, 3.8) is 0 Å². The average Bonchev–Trinajstić information content (AvgIpc) is 3.25. The summed E-state index contributed by atoms with van der Waals surface area (Å²) in [5.74, 6) is -1.13. The zero-order valence-electron chi connectivity index (χ0n) is 22.0. The average molecular weight is 575 g/mol. The van der Waals surface area contributed by atoms with E-state index in [9.17, 15) is 23.6 Å².